The molecule has 0 aromatic carbocycles. The van der Waals surface area contributed by atoms with Crippen LogP contribution in [0, 0.1) is 18.8 Å². The lowest BCUT2D eigenvalue weighted by molar-refractivity contribution is 0.152. The van der Waals surface area contributed by atoms with Crippen LogP contribution in [0.4, 0.5) is 0 Å². The van der Waals surface area contributed by atoms with Gasteiger partial charge in [-0.05, 0) is 44.3 Å². The third kappa shape index (κ3) is 5.13. The molecule has 1 atom stereocenters. The molecule has 21 heavy (non-hydrogen) atoms. The second-order valence-electron chi connectivity index (χ2n) is 6.66. The van der Waals surface area contributed by atoms with Crippen LogP contribution in [0.3, 0.4) is 0 Å². The van der Waals surface area contributed by atoms with Gasteiger partial charge in [-0.15, -0.1) is 0 Å². The molecule has 0 aliphatic carbocycles. The van der Waals surface area contributed by atoms with Crippen LogP contribution in [0.25, 0.3) is 0 Å². The van der Waals surface area contributed by atoms with Crippen molar-refractivity contribution >= 4 is 0 Å². The predicted octanol–water partition coefficient (Wildman–Crippen LogP) is 2.80. The second-order valence-corrected chi connectivity index (χ2v) is 6.66. The number of aryl methyl sites for hydroxylation is 1. The van der Waals surface area contributed by atoms with Gasteiger partial charge in [-0.25, -0.2) is 0 Å². The van der Waals surface area contributed by atoms with E-state index in [4.69, 9.17) is 9.15 Å². The average molecular weight is 294 g/mol. The van der Waals surface area contributed by atoms with E-state index < -0.39 is 0 Å². The van der Waals surface area contributed by atoms with E-state index >= 15 is 0 Å². The summed E-state index contributed by atoms with van der Waals surface area (Å²) in [5.41, 5.74) is 1.33. The molecule has 0 saturated carbocycles. The lowest BCUT2D eigenvalue weighted by atomic mass is 10.1. The molecule has 2 rings (SSSR count). The lowest BCUT2D eigenvalue weighted by Gasteiger charge is -2.15. The third-order valence-electron chi connectivity index (χ3n) is 4.09. The van der Waals surface area contributed by atoms with Gasteiger partial charge in [0.25, 0.3) is 0 Å². The summed E-state index contributed by atoms with van der Waals surface area (Å²) in [6.45, 7) is 12.5. The van der Waals surface area contributed by atoms with Gasteiger partial charge in [0.1, 0.15) is 11.5 Å². The Hall–Kier alpha value is -0.840. The molecule has 2 heterocycles. The van der Waals surface area contributed by atoms with E-state index in [0.717, 1.165) is 44.3 Å². The molecule has 1 N–H and O–H groups in total. The van der Waals surface area contributed by atoms with Crippen molar-refractivity contribution < 1.29 is 9.15 Å². The zero-order valence-corrected chi connectivity index (χ0v) is 13.9. The van der Waals surface area contributed by atoms with Crippen molar-refractivity contribution in [3.63, 3.8) is 0 Å². The van der Waals surface area contributed by atoms with Crippen molar-refractivity contribution in [3.05, 3.63) is 23.2 Å². The first-order chi connectivity index (χ1) is 10.1. The van der Waals surface area contributed by atoms with Crippen LogP contribution in [0.1, 0.15) is 37.4 Å². The van der Waals surface area contributed by atoms with Crippen molar-refractivity contribution in [2.24, 2.45) is 11.8 Å². The number of rotatable bonds is 8. The number of methoxy groups -OCH3 is 1. The summed E-state index contributed by atoms with van der Waals surface area (Å²) in [6, 6.07) is 2.21. The molecule has 1 saturated heterocycles. The van der Waals surface area contributed by atoms with E-state index in [9.17, 15) is 0 Å². The molecule has 1 aromatic heterocycles. The maximum absolute atomic E-state index is 5.87. The minimum atomic E-state index is 0.669. The summed E-state index contributed by atoms with van der Waals surface area (Å²) < 4.78 is 11.1. The van der Waals surface area contributed by atoms with Gasteiger partial charge in [-0.1, -0.05) is 13.8 Å². The Bertz CT molecular complexity index is 428. The van der Waals surface area contributed by atoms with Crippen LogP contribution >= 0.6 is 0 Å². The summed E-state index contributed by atoms with van der Waals surface area (Å²) >= 11 is 0. The molecule has 120 valence electrons. The highest BCUT2D eigenvalue weighted by atomic mass is 16.5. The Balaban J connectivity index is 1.82. The summed E-state index contributed by atoms with van der Waals surface area (Å²) in [6.07, 6.45) is 1.24. The summed E-state index contributed by atoms with van der Waals surface area (Å²) in [7, 11) is 1.79. The predicted molar refractivity (Wildman–Crippen MR) is 85.2 cm³/mol. The molecule has 1 aromatic rings. The monoisotopic (exact) mass is 294 g/mol. The van der Waals surface area contributed by atoms with E-state index in [1.807, 2.05) is 0 Å². The van der Waals surface area contributed by atoms with Crippen LogP contribution in [0.5, 0.6) is 0 Å². The molecule has 1 unspecified atom stereocenters. The molecule has 1 fully saturated rings. The summed E-state index contributed by atoms with van der Waals surface area (Å²) in [5.74, 6) is 3.47. The zero-order chi connectivity index (χ0) is 15.2. The SMILES string of the molecule is COCC1CCN(Cc2cc(CNCC(C)C)oc2C)C1. The highest BCUT2D eigenvalue weighted by Gasteiger charge is 2.23. The average Bonchev–Trinajstić information content (AvgIpc) is 2.98. The van der Waals surface area contributed by atoms with Gasteiger partial charge in [-0.3, -0.25) is 4.90 Å². The van der Waals surface area contributed by atoms with E-state index in [1.54, 1.807) is 7.11 Å². The molecular formula is C17H30N2O2. The van der Waals surface area contributed by atoms with Crippen LogP contribution in [-0.2, 0) is 17.8 Å². The summed E-state index contributed by atoms with van der Waals surface area (Å²) in [4.78, 5) is 2.51. The third-order valence-corrected chi connectivity index (χ3v) is 4.09. The van der Waals surface area contributed by atoms with Gasteiger partial charge < -0.3 is 14.5 Å². The quantitative estimate of drug-likeness (QED) is 0.800. The second kappa shape index (κ2) is 7.97. The standard InChI is InChI=1S/C17H30N2O2/c1-13(2)8-18-9-17-7-16(14(3)21-17)11-19-6-5-15(10-19)12-20-4/h7,13,15,18H,5-6,8-12H2,1-4H3. The largest absolute Gasteiger partial charge is 0.465 e. The molecular weight excluding hydrogens is 264 g/mol. The number of nitrogens with zero attached hydrogens (tertiary/aromatic N) is 1. The highest BCUT2D eigenvalue weighted by molar-refractivity contribution is 5.21. The minimum absolute atomic E-state index is 0.669. The first-order valence-electron chi connectivity index (χ1n) is 8.08. The van der Waals surface area contributed by atoms with Crippen molar-refractivity contribution in [2.45, 2.75) is 40.3 Å². The minimum Gasteiger partial charge on any atom is -0.465 e. The smallest absolute Gasteiger partial charge is 0.118 e. The maximum Gasteiger partial charge on any atom is 0.118 e. The molecule has 4 heteroatoms. The van der Waals surface area contributed by atoms with Crippen molar-refractivity contribution in [2.75, 3.05) is 33.4 Å². The Kier molecular flexibility index (Phi) is 6.27. The van der Waals surface area contributed by atoms with E-state index in [1.165, 1.54) is 18.5 Å². The Morgan fingerprint density at radius 2 is 2.29 bits per heavy atom. The fourth-order valence-electron chi connectivity index (χ4n) is 2.98. The Morgan fingerprint density at radius 3 is 3.00 bits per heavy atom. The van der Waals surface area contributed by atoms with Crippen molar-refractivity contribution in [1.82, 2.24) is 10.2 Å². The summed E-state index contributed by atoms with van der Waals surface area (Å²) in [5, 5.41) is 3.44. The van der Waals surface area contributed by atoms with E-state index in [2.05, 4.69) is 37.1 Å². The van der Waals surface area contributed by atoms with Crippen molar-refractivity contribution in [3.8, 4) is 0 Å². The molecule has 0 bridgehead atoms. The number of ether oxygens (including phenoxy) is 1. The van der Waals surface area contributed by atoms with E-state index in [0.29, 0.717) is 11.8 Å². The van der Waals surface area contributed by atoms with Gasteiger partial charge >= 0.3 is 0 Å². The number of hydrogen-bond acceptors (Lipinski definition) is 4. The fraction of sp³-hybridized carbons (Fsp3) is 0.765. The normalized spacial score (nSPS) is 19.8. The van der Waals surface area contributed by atoms with Gasteiger partial charge in [0, 0.05) is 25.8 Å². The maximum atomic E-state index is 5.87. The van der Waals surface area contributed by atoms with Crippen LogP contribution < -0.4 is 5.32 Å². The molecule has 0 amide bonds. The number of hydrogen-bond donors (Lipinski definition) is 1. The molecule has 1 aliphatic heterocycles. The molecule has 1 aliphatic rings. The number of likely N-dealkylation sites (tertiary alicyclic amines) is 1. The molecule has 0 spiro atoms. The first kappa shape index (κ1) is 16.5. The highest BCUT2D eigenvalue weighted by Crippen LogP contribution is 2.22. The van der Waals surface area contributed by atoms with Gasteiger partial charge in [0.2, 0.25) is 0 Å². The fourth-order valence-corrected chi connectivity index (χ4v) is 2.98. The molecule has 4 nitrogen and oxygen atoms in total. The van der Waals surface area contributed by atoms with Crippen LogP contribution in [-0.4, -0.2) is 38.3 Å². The first-order valence-corrected chi connectivity index (χ1v) is 8.08. The van der Waals surface area contributed by atoms with Gasteiger partial charge in [-0.2, -0.15) is 0 Å². The van der Waals surface area contributed by atoms with Crippen LogP contribution in [0.2, 0.25) is 0 Å². The van der Waals surface area contributed by atoms with Gasteiger partial charge in [0.05, 0.1) is 13.2 Å². The zero-order valence-electron chi connectivity index (χ0n) is 13.9. The van der Waals surface area contributed by atoms with Gasteiger partial charge in [0.15, 0.2) is 0 Å². The Morgan fingerprint density at radius 1 is 1.48 bits per heavy atom. The van der Waals surface area contributed by atoms with Crippen molar-refractivity contribution in [1.29, 1.82) is 0 Å². The number of furan rings is 1. The topological polar surface area (TPSA) is 37.6 Å². The lowest BCUT2D eigenvalue weighted by Crippen LogP contribution is -2.21. The number of nitrogens with one attached hydrogen (secondary N) is 1. The van der Waals surface area contributed by atoms with Crippen LogP contribution in [0.15, 0.2) is 10.5 Å². The Labute approximate surface area is 128 Å². The van der Waals surface area contributed by atoms with E-state index in [-0.39, 0.29) is 0 Å². The molecule has 0 radical (unpaired) electrons.